The Morgan fingerprint density at radius 2 is 1.86 bits per heavy atom. The molecule has 1 aliphatic rings. The second-order valence-electron chi connectivity index (χ2n) is 4.61. The van der Waals surface area contributed by atoms with Crippen LogP contribution in [0.25, 0.3) is 0 Å². The van der Waals surface area contributed by atoms with Crippen molar-refractivity contribution >= 4 is 17.8 Å². The zero-order valence-corrected chi connectivity index (χ0v) is 11.9. The van der Waals surface area contributed by atoms with Gasteiger partial charge in [-0.3, -0.25) is 14.4 Å². The maximum Gasteiger partial charge on any atom is 0.303 e. The Hall–Kier alpha value is -1.74. The van der Waals surface area contributed by atoms with Crippen LogP contribution < -0.4 is 5.32 Å². The zero-order valence-electron chi connectivity index (χ0n) is 11.9. The van der Waals surface area contributed by atoms with Crippen LogP contribution in [0.3, 0.4) is 0 Å². The number of aliphatic hydroxyl groups is 1. The largest absolute Gasteiger partial charge is 0.463 e. The summed E-state index contributed by atoms with van der Waals surface area (Å²) in [4.78, 5) is 32.9. The fourth-order valence-electron chi connectivity index (χ4n) is 1.96. The molecule has 0 radical (unpaired) electrons. The van der Waals surface area contributed by atoms with Gasteiger partial charge in [0.1, 0.15) is 18.8 Å². The fraction of sp³-hybridized carbons (Fsp3) is 0.750. The smallest absolute Gasteiger partial charge is 0.303 e. The van der Waals surface area contributed by atoms with Crippen molar-refractivity contribution < 1.29 is 38.1 Å². The molecule has 1 aliphatic heterocycles. The molecule has 0 bridgehead atoms. The van der Waals surface area contributed by atoms with Gasteiger partial charge in [0, 0.05) is 20.8 Å². The molecule has 0 unspecified atom stereocenters. The summed E-state index contributed by atoms with van der Waals surface area (Å²) in [6, 6.07) is -1.25. The van der Waals surface area contributed by atoms with Gasteiger partial charge in [0.15, 0.2) is 18.6 Å². The molecule has 8 nitrogen and oxygen atoms in total. The van der Waals surface area contributed by atoms with Crippen molar-refractivity contribution in [1.82, 2.24) is 5.32 Å². The first kappa shape index (κ1) is 17.3. The Bertz CT molecular complexity index is 416. The number of ether oxygens (including phenoxy) is 3. The van der Waals surface area contributed by atoms with E-state index < -0.39 is 55.2 Å². The molecule has 120 valence electrons. The molecule has 1 fully saturated rings. The van der Waals surface area contributed by atoms with E-state index in [-0.39, 0.29) is 0 Å². The van der Waals surface area contributed by atoms with Gasteiger partial charge in [-0.2, -0.15) is 0 Å². The van der Waals surface area contributed by atoms with E-state index in [0.717, 1.165) is 20.8 Å². The monoisotopic (exact) mass is 307 g/mol. The third kappa shape index (κ3) is 4.94. The summed E-state index contributed by atoms with van der Waals surface area (Å²) < 4.78 is 28.8. The van der Waals surface area contributed by atoms with Crippen LogP contribution in [0.5, 0.6) is 0 Å². The number of hydrogen-bond donors (Lipinski definition) is 2. The van der Waals surface area contributed by atoms with Gasteiger partial charge in [0.25, 0.3) is 0 Å². The SMILES string of the molecule is CC(=O)N[C@@H]1[C@@H](OC(C)=O)[C@@H](F)[C@@H](COC(C)=O)O[C@@H]1O. The van der Waals surface area contributed by atoms with E-state index in [1.807, 2.05) is 0 Å². The standard InChI is InChI=1S/C12H18FNO7/c1-5(15)14-10-11(20-7(3)17)9(13)8(21-12(10)18)4-19-6(2)16/h8-12,18H,4H2,1-3H3,(H,14,15)/t8-,9+,10-,11+,12+/m1/s1. The van der Waals surface area contributed by atoms with Crippen molar-refractivity contribution in [2.75, 3.05) is 6.61 Å². The average molecular weight is 307 g/mol. The number of aliphatic hydroxyl groups excluding tert-OH is 1. The molecule has 1 amide bonds. The number of hydrogen-bond acceptors (Lipinski definition) is 7. The lowest BCUT2D eigenvalue weighted by Crippen LogP contribution is -2.64. The molecule has 0 aromatic carbocycles. The van der Waals surface area contributed by atoms with Crippen LogP contribution in [0, 0.1) is 0 Å². The molecule has 1 rings (SSSR count). The minimum absolute atomic E-state index is 0.446. The number of alkyl halides is 1. The molecule has 0 aliphatic carbocycles. The minimum Gasteiger partial charge on any atom is -0.463 e. The highest BCUT2D eigenvalue weighted by atomic mass is 19.1. The van der Waals surface area contributed by atoms with Crippen LogP contribution in [0.1, 0.15) is 20.8 Å². The Morgan fingerprint density at radius 1 is 1.24 bits per heavy atom. The zero-order chi connectivity index (χ0) is 16.2. The van der Waals surface area contributed by atoms with Gasteiger partial charge in [-0.15, -0.1) is 0 Å². The third-order valence-electron chi connectivity index (χ3n) is 2.77. The molecule has 0 spiro atoms. The number of rotatable bonds is 4. The average Bonchev–Trinajstić information content (AvgIpc) is 2.35. The summed E-state index contributed by atoms with van der Waals surface area (Å²) >= 11 is 0. The maximum absolute atomic E-state index is 14.3. The lowest BCUT2D eigenvalue weighted by molar-refractivity contribution is -0.247. The first-order valence-corrected chi connectivity index (χ1v) is 6.27. The minimum atomic E-state index is -1.88. The topological polar surface area (TPSA) is 111 Å². The molecular weight excluding hydrogens is 289 g/mol. The van der Waals surface area contributed by atoms with Crippen molar-refractivity contribution in [2.45, 2.75) is 51.5 Å². The molecule has 9 heteroatoms. The van der Waals surface area contributed by atoms with E-state index in [2.05, 4.69) is 10.1 Å². The fourth-order valence-corrected chi connectivity index (χ4v) is 1.96. The lowest BCUT2D eigenvalue weighted by atomic mass is 9.98. The first-order valence-electron chi connectivity index (χ1n) is 6.27. The number of carbonyl (C=O) groups excluding carboxylic acids is 3. The number of amides is 1. The molecular formula is C12H18FNO7. The Balaban J connectivity index is 2.87. The van der Waals surface area contributed by atoms with Gasteiger partial charge in [0.05, 0.1) is 0 Å². The molecule has 0 aromatic heterocycles. The Kier molecular flexibility index (Phi) is 6.03. The van der Waals surface area contributed by atoms with E-state index in [1.54, 1.807) is 0 Å². The molecule has 0 saturated carbocycles. The van der Waals surface area contributed by atoms with E-state index in [1.165, 1.54) is 0 Å². The van der Waals surface area contributed by atoms with Crippen molar-refractivity contribution in [3.05, 3.63) is 0 Å². The summed E-state index contributed by atoms with van der Waals surface area (Å²) in [5.74, 6) is -1.97. The van der Waals surface area contributed by atoms with Crippen LogP contribution in [0.15, 0.2) is 0 Å². The highest BCUT2D eigenvalue weighted by Gasteiger charge is 2.48. The maximum atomic E-state index is 14.3. The summed E-state index contributed by atoms with van der Waals surface area (Å²) in [5.41, 5.74) is 0. The van der Waals surface area contributed by atoms with E-state index >= 15 is 0 Å². The van der Waals surface area contributed by atoms with Crippen LogP contribution in [-0.4, -0.2) is 60.3 Å². The second-order valence-corrected chi connectivity index (χ2v) is 4.61. The number of nitrogens with one attached hydrogen (secondary N) is 1. The van der Waals surface area contributed by atoms with Crippen molar-refractivity contribution in [3.8, 4) is 0 Å². The second kappa shape index (κ2) is 7.32. The van der Waals surface area contributed by atoms with E-state index in [4.69, 9.17) is 9.47 Å². The highest BCUT2D eigenvalue weighted by Crippen LogP contribution is 2.25. The van der Waals surface area contributed by atoms with Crippen molar-refractivity contribution in [2.24, 2.45) is 0 Å². The molecule has 0 aromatic rings. The number of halogens is 1. The molecule has 21 heavy (non-hydrogen) atoms. The van der Waals surface area contributed by atoms with Crippen LogP contribution in [-0.2, 0) is 28.6 Å². The summed E-state index contributed by atoms with van der Waals surface area (Å²) in [5, 5.41) is 12.1. The quantitative estimate of drug-likeness (QED) is 0.643. The summed E-state index contributed by atoms with van der Waals surface area (Å²) in [6.45, 7) is 2.92. The normalized spacial score (nSPS) is 32.1. The lowest BCUT2D eigenvalue weighted by Gasteiger charge is -2.40. The molecule has 1 heterocycles. The van der Waals surface area contributed by atoms with Crippen molar-refractivity contribution in [3.63, 3.8) is 0 Å². The van der Waals surface area contributed by atoms with Gasteiger partial charge in [-0.25, -0.2) is 4.39 Å². The van der Waals surface area contributed by atoms with Gasteiger partial charge < -0.3 is 24.6 Å². The van der Waals surface area contributed by atoms with E-state index in [0.29, 0.717) is 0 Å². The van der Waals surface area contributed by atoms with Gasteiger partial charge in [-0.05, 0) is 0 Å². The Morgan fingerprint density at radius 3 is 2.33 bits per heavy atom. The predicted molar refractivity (Wildman–Crippen MR) is 65.6 cm³/mol. The van der Waals surface area contributed by atoms with E-state index in [9.17, 15) is 23.9 Å². The highest BCUT2D eigenvalue weighted by molar-refractivity contribution is 5.73. The molecule has 1 saturated heterocycles. The van der Waals surface area contributed by atoms with Crippen molar-refractivity contribution in [1.29, 1.82) is 0 Å². The molecule has 5 atom stereocenters. The van der Waals surface area contributed by atoms with Gasteiger partial charge >= 0.3 is 11.9 Å². The number of esters is 2. The van der Waals surface area contributed by atoms with Crippen LogP contribution in [0.2, 0.25) is 0 Å². The van der Waals surface area contributed by atoms with Gasteiger partial charge in [-0.1, -0.05) is 0 Å². The van der Waals surface area contributed by atoms with Gasteiger partial charge in [0.2, 0.25) is 5.91 Å². The molecule has 2 N–H and O–H groups in total. The predicted octanol–water partition coefficient (Wildman–Crippen LogP) is -0.959. The van der Waals surface area contributed by atoms with Crippen LogP contribution >= 0.6 is 0 Å². The summed E-state index contributed by atoms with van der Waals surface area (Å²) in [6.07, 6.45) is -6.24. The number of carbonyl (C=O) groups is 3. The van der Waals surface area contributed by atoms with Crippen LogP contribution in [0.4, 0.5) is 4.39 Å². The third-order valence-corrected chi connectivity index (χ3v) is 2.77. The summed E-state index contributed by atoms with van der Waals surface area (Å²) in [7, 11) is 0. The first-order chi connectivity index (χ1) is 9.72. The Labute approximate surface area is 120 Å².